The van der Waals surface area contributed by atoms with Crippen LogP contribution < -0.4 is 5.32 Å². The van der Waals surface area contributed by atoms with Crippen molar-refractivity contribution in [1.82, 2.24) is 15.1 Å². The molecular weight excluding hydrogens is 426 g/mol. The van der Waals surface area contributed by atoms with Gasteiger partial charge in [0.2, 0.25) is 0 Å². The standard InChI is InChI=1S/C23H23F4N3O2/c1-15-20(16(2)30(29-15)19-9-4-3-5-10-19)12-28-21(31)18-8-6-7-17(11-18)13-32-14-23(26,27)22(24)25/h3-11,22H,12-14H2,1-2H3,(H,28,31). The predicted molar refractivity (Wildman–Crippen MR) is 111 cm³/mol. The highest BCUT2D eigenvalue weighted by molar-refractivity contribution is 5.94. The number of nitrogens with zero attached hydrogens (tertiary/aromatic N) is 2. The van der Waals surface area contributed by atoms with E-state index in [0.717, 1.165) is 22.6 Å². The minimum Gasteiger partial charge on any atom is -0.370 e. The van der Waals surface area contributed by atoms with Gasteiger partial charge in [-0.1, -0.05) is 30.3 Å². The number of halogens is 4. The fourth-order valence-corrected chi connectivity index (χ4v) is 3.19. The molecule has 0 spiro atoms. The molecule has 3 aromatic rings. The molecule has 0 saturated carbocycles. The van der Waals surface area contributed by atoms with Crippen LogP contribution in [0.4, 0.5) is 17.6 Å². The molecule has 0 saturated heterocycles. The van der Waals surface area contributed by atoms with Crippen molar-refractivity contribution in [3.63, 3.8) is 0 Å². The highest BCUT2D eigenvalue weighted by Crippen LogP contribution is 2.23. The number of rotatable bonds is 9. The molecule has 0 fully saturated rings. The quantitative estimate of drug-likeness (QED) is 0.476. The van der Waals surface area contributed by atoms with Gasteiger partial charge in [-0.05, 0) is 43.7 Å². The van der Waals surface area contributed by atoms with E-state index in [1.165, 1.54) is 6.07 Å². The number of nitrogens with one attached hydrogen (secondary N) is 1. The number of aryl methyl sites for hydroxylation is 1. The van der Waals surface area contributed by atoms with E-state index in [4.69, 9.17) is 4.74 Å². The number of hydrogen-bond donors (Lipinski definition) is 1. The zero-order chi connectivity index (χ0) is 23.3. The van der Waals surface area contributed by atoms with Crippen LogP contribution in [-0.2, 0) is 17.9 Å². The Morgan fingerprint density at radius 1 is 1.12 bits per heavy atom. The lowest BCUT2D eigenvalue weighted by Crippen LogP contribution is -2.32. The first-order valence-corrected chi connectivity index (χ1v) is 9.90. The number of aromatic nitrogens is 2. The lowest BCUT2D eigenvalue weighted by Gasteiger charge is -2.15. The van der Waals surface area contributed by atoms with Gasteiger partial charge in [0, 0.05) is 23.4 Å². The molecule has 0 bridgehead atoms. The van der Waals surface area contributed by atoms with E-state index in [1.54, 1.807) is 18.2 Å². The van der Waals surface area contributed by atoms with Gasteiger partial charge in [-0.2, -0.15) is 13.9 Å². The molecule has 0 radical (unpaired) electrons. The third kappa shape index (κ3) is 5.53. The van der Waals surface area contributed by atoms with Crippen molar-refractivity contribution in [1.29, 1.82) is 0 Å². The third-order valence-corrected chi connectivity index (χ3v) is 4.94. The Kier molecular flexibility index (Phi) is 7.29. The van der Waals surface area contributed by atoms with Gasteiger partial charge in [-0.25, -0.2) is 13.5 Å². The van der Waals surface area contributed by atoms with E-state index in [1.807, 2.05) is 48.9 Å². The average molecular weight is 449 g/mol. The zero-order valence-electron chi connectivity index (χ0n) is 17.6. The van der Waals surface area contributed by atoms with Crippen LogP contribution >= 0.6 is 0 Å². The van der Waals surface area contributed by atoms with Crippen LogP contribution in [0, 0.1) is 13.8 Å². The minimum atomic E-state index is -4.21. The van der Waals surface area contributed by atoms with Gasteiger partial charge < -0.3 is 10.1 Å². The highest BCUT2D eigenvalue weighted by Gasteiger charge is 2.40. The monoisotopic (exact) mass is 449 g/mol. The summed E-state index contributed by atoms with van der Waals surface area (Å²) in [7, 11) is 0. The van der Waals surface area contributed by atoms with Crippen molar-refractivity contribution in [2.45, 2.75) is 39.3 Å². The van der Waals surface area contributed by atoms with Crippen LogP contribution in [0.2, 0.25) is 0 Å². The molecule has 1 amide bonds. The first-order chi connectivity index (χ1) is 15.2. The van der Waals surface area contributed by atoms with Crippen LogP contribution in [-0.4, -0.2) is 34.6 Å². The molecule has 0 aliphatic rings. The molecule has 1 N–H and O–H groups in total. The maximum atomic E-state index is 12.9. The first-order valence-electron chi connectivity index (χ1n) is 9.90. The topological polar surface area (TPSA) is 56.2 Å². The van der Waals surface area contributed by atoms with E-state index in [-0.39, 0.29) is 19.1 Å². The van der Waals surface area contributed by atoms with Gasteiger partial charge >= 0.3 is 12.3 Å². The largest absolute Gasteiger partial charge is 0.370 e. The summed E-state index contributed by atoms with van der Waals surface area (Å²) in [6.07, 6.45) is -3.79. The second-order valence-corrected chi connectivity index (χ2v) is 7.33. The van der Waals surface area contributed by atoms with E-state index in [2.05, 4.69) is 10.4 Å². The van der Waals surface area contributed by atoms with E-state index < -0.39 is 19.0 Å². The summed E-state index contributed by atoms with van der Waals surface area (Å²) >= 11 is 0. The summed E-state index contributed by atoms with van der Waals surface area (Å²) < 4.78 is 56.8. The summed E-state index contributed by atoms with van der Waals surface area (Å²) in [6, 6.07) is 15.8. The van der Waals surface area contributed by atoms with Crippen molar-refractivity contribution < 1.29 is 27.1 Å². The summed E-state index contributed by atoms with van der Waals surface area (Å²) in [4.78, 5) is 12.6. The van der Waals surface area contributed by atoms with Crippen LogP contribution in [0.1, 0.15) is 32.9 Å². The number of carbonyl (C=O) groups is 1. The summed E-state index contributed by atoms with van der Waals surface area (Å²) in [6.45, 7) is 2.32. The molecule has 0 aliphatic carbocycles. The number of alkyl halides is 4. The Hall–Kier alpha value is -3.20. The summed E-state index contributed by atoms with van der Waals surface area (Å²) in [5.74, 6) is -4.58. The van der Waals surface area contributed by atoms with Crippen LogP contribution in [0.15, 0.2) is 54.6 Å². The number of hydrogen-bond acceptors (Lipinski definition) is 3. The lowest BCUT2D eigenvalue weighted by atomic mass is 10.1. The molecule has 9 heteroatoms. The smallest absolute Gasteiger partial charge is 0.330 e. The Morgan fingerprint density at radius 3 is 2.53 bits per heavy atom. The van der Waals surface area contributed by atoms with Crippen LogP contribution in [0.3, 0.4) is 0 Å². The highest BCUT2D eigenvalue weighted by atomic mass is 19.3. The maximum absolute atomic E-state index is 12.9. The minimum absolute atomic E-state index is 0.255. The van der Waals surface area contributed by atoms with Crippen molar-refractivity contribution in [3.8, 4) is 5.69 Å². The number of benzene rings is 2. The molecule has 0 unspecified atom stereocenters. The lowest BCUT2D eigenvalue weighted by molar-refractivity contribution is -0.168. The van der Waals surface area contributed by atoms with Crippen molar-refractivity contribution >= 4 is 5.91 Å². The molecule has 1 heterocycles. The summed E-state index contributed by atoms with van der Waals surface area (Å²) in [5, 5.41) is 7.38. The molecule has 0 atom stereocenters. The van der Waals surface area contributed by atoms with Crippen molar-refractivity contribution in [2.24, 2.45) is 0 Å². The van der Waals surface area contributed by atoms with Crippen molar-refractivity contribution in [2.75, 3.05) is 6.61 Å². The van der Waals surface area contributed by atoms with E-state index in [9.17, 15) is 22.4 Å². The Labute approximate surface area is 183 Å². The molecule has 32 heavy (non-hydrogen) atoms. The molecule has 170 valence electrons. The third-order valence-electron chi connectivity index (χ3n) is 4.94. The SMILES string of the molecule is Cc1nn(-c2ccccc2)c(C)c1CNC(=O)c1cccc(COCC(F)(F)C(F)F)c1. The normalized spacial score (nSPS) is 11.7. The second-order valence-electron chi connectivity index (χ2n) is 7.33. The number of carbonyl (C=O) groups excluding carboxylic acids is 1. The number of para-hydroxylation sites is 1. The fourth-order valence-electron chi connectivity index (χ4n) is 3.19. The molecule has 2 aromatic carbocycles. The predicted octanol–water partition coefficient (Wildman–Crippen LogP) is 4.84. The van der Waals surface area contributed by atoms with E-state index in [0.29, 0.717) is 11.1 Å². The average Bonchev–Trinajstić information content (AvgIpc) is 3.06. The number of ether oxygens (including phenoxy) is 1. The first kappa shape index (κ1) is 23.5. The maximum Gasteiger partial charge on any atom is 0.330 e. The molecule has 5 nitrogen and oxygen atoms in total. The Morgan fingerprint density at radius 2 is 1.84 bits per heavy atom. The van der Waals surface area contributed by atoms with Gasteiger partial charge in [0.25, 0.3) is 5.91 Å². The molecule has 1 aromatic heterocycles. The molecular formula is C23H23F4N3O2. The fraction of sp³-hybridized carbons (Fsp3) is 0.304. The Balaban J connectivity index is 1.62. The van der Waals surface area contributed by atoms with Crippen LogP contribution in [0.25, 0.3) is 5.69 Å². The van der Waals surface area contributed by atoms with Gasteiger partial charge in [0.15, 0.2) is 0 Å². The summed E-state index contributed by atoms with van der Waals surface area (Å²) in [5.41, 5.74) is 4.21. The number of amides is 1. The van der Waals surface area contributed by atoms with Crippen molar-refractivity contribution in [3.05, 3.63) is 82.7 Å². The second kappa shape index (κ2) is 9.95. The van der Waals surface area contributed by atoms with Gasteiger partial charge in [-0.3, -0.25) is 4.79 Å². The van der Waals surface area contributed by atoms with Gasteiger partial charge in [0.05, 0.1) is 18.0 Å². The molecule has 0 aliphatic heterocycles. The Bertz CT molecular complexity index is 1070. The van der Waals surface area contributed by atoms with Gasteiger partial charge in [-0.15, -0.1) is 0 Å². The van der Waals surface area contributed by atoms with E-state index >= 15 is 0 Å². The molecule has 3 rings (SSSR count). The van der Waals surface area contributed by atoms with Gasteiger partial charge in [0.1, 0.15) is 6.61 Å². The van der Waals surface area contributed by atoms with Crippen LogP contribution in [0.5, 0.6) is 0 Å². The zero-order valence-corrected chi connectivity index (χ0v) is 17.6.